The first-order valence-electron chi connectivity index (χ1n) is 11.4. The lowest BCUT2D eigenvalue weighted by molar-refractivity contribution is -0.908. The Morgan fingerprint density at radius 3 is 2.57 bits per heavy atom. The molecule has 2 saturated heterocycles. The first kappa shape index (κ1) is 21.3. The van der Waals surface area contributed by atoms with E-state index in [2.05, 4.69) is 39.9 Å². The van der Waals surface area contributed by atoms with Gasteiger partial charge in [0.15, 0.2) is 6.54 Å². The summed E-state index contributed by atoms with van der Waals surface area (Å²) in [6.45, 7) is 5.35. The number of ether oxygens (including phenoxy) is 1. The van der Waals surface area contributed by atoms with Gasteiger partial charge >= 0.3 is 0 Å². The fourth-order valence-electron chi connectivity index (χ4n) is 4.51. The zero-order chi connectivity index (χ0) is 20.6. The largest absolute Gasteiger partial charge is 0.372 e. The van der Waals surface area contributed by atoms with E-state index in [0.717, 1.165) is 51.3 Å². The number of nitrogens with one attached hydrogen (secondary N) is 2. The van der Waals surface area contributed by atoms with Crippen LogP contribution in [0.4, 0.5) is 11.4 Å². The fourth-order valence-corrected chi connectivity index (χ4v) is 5.29. The molecule has 1 aromatic carbocycles. The summed E-state index contributed by atoms with van der Waals surface area (Å²) in [5.41, 5.74) is 2.14. The van der Waals surface area contributed by atoms with Gasteiger partial charge in [0.25, 0.3) is 5.91 Å². The molecule has 2 fully saturated rings. The van der Waals surface area contributed by atoms with Crippen LogP contribution in [0.5, 0.6) is 0 Å². The lowest BCUT2D eigenvalue weighted by Gasteiger charge is -2.23. The Bertz CT molecular complexity index is 764. The van der Waals surface area contributed by atoms with E-state index >= 15 is 0 Å². The first-order valence-corrected chi connectivity index (χ1v) is 12.3. The maximum absolute atomic E-state index is 12.8. The molecular weight excluding hydrogens is 394 g/mol. The van der Waals surface area contributed by atoms with Crippen molar-refractivity contribution < 1.29 is 14.4 Å². The highest BCUT2D eigenvalue weighted by atomic mass is 32.1. The maximum atomic E-state index is 12.8. The molecule has 1 unspecified atom stereocenters. The molecule has 2 atom stereocenters. The minimum atomic E-state index is 0.0714. The van der Waals surface area contributed by atoms with Crippen LogP contribution < -0.4 is 15.1 Å². The van der Waals surface area contributed by atoms with Crippen LogP contribution in [0.2, 0.25) is 0 Å². The van der Waals surface area contributed by atoms with Gasteiger partial charge in [0.05, 0.1) is 4.88 Å². The summed E-state index contributed by atoms with van der Waals surface area (Å²) >= 11 is 1.76. The molecule has 0 aliphatic carbocycles. The van der Waals surface area contributed by atoms with Crippen molar-refractivity contribution in [1.82, 2.24) is 0 Å². The van der Waals surface area contributed by atoms with Crippen LogP contribution >= 0.6 is 11.3 Å². The predicted octanol–water partition coefficient (Wildman–Crippen LogP) is 3.33. The lowest BCUT2D eigenvalue weighted by Crippen LogP contribution is -3.12. The van der Waals surface area contributed by atoms with E-state index in [1.807, 2.05) is 12.1 Å². The number of carbonyl (C=O) groups excluding carboxylic acids is 1. The van der Waals surface area contributed by atoms with Gasteiger partial charge in [-0.2, -0.15) is 0 Å². The predicted molar refractivity (Wildman–Crippen MR) is 123 cm³/mol. The molecule has 1 amide bonds. The summed E-state index contributed by atoms with van der Waals surface area (Å²) in [7, 11) is 0. The van der Waals surface area contributed by atoms with E-state index in [0.29, 0.717) is 6.54 Å². The molecule has 6 heteroatoms. The molecule has 4 rings (SSSR count). The third kappa shape index (κ3) is 6.30. The Morgan fingerprint density at radius 1 is 1.10 bits per heavy atom. The average Bonchev–Trinajstić information content (AvgIpc) is 3.38. The Hall–Kier alpha value is -1.89. The molecule has 2 aromatic rings. The zero-order valence-electron chi connectivity index (χ0n) is 17.8. The van der Waals surface area contributed by atoms with Gasteiger partial charge in [-0.05, 0) is 61.4 Å². The zero-order valence-corrected chi connectivity index (χ0v) is 18.6. The number of carbonyl (C=O) groups is 1. The molecule has 3 heterocycles. The minimum Gasteiger partial charge on any atom is -0.372 e. The molecule has 162 valence electrons. The monoisotopic (exact) mass is 428 g/mol. The van der Waals surface area contributed by atoms with E-state index in [4.69, 9.17) is 4.74 Å². The molecule has 5 nitrogen and oxygen atoms in total. The van der Waals surface area contributed by atoms with Crippen molar-refractivity contribution in [2.75, 3.05) is 43.0 Å². The second kappa shape index (κ2) is 10.9. The third-order valence-electron chi connectivity index (χ3n) is 6.08. The van der Waals surface area contributed by atoms with E-state index in [-0.39, 0.29) is 12.0 Å². The molecular formula is C24H34N3O2S+. The van der Waals surface area contributed by atoms with Crippen LogP contribution in [0, 0.1) is 0 Å². The normalized spacial score (nSPS) is 20.7. The number of quaternary nitrogens is 1. The summed E-state index contributed by atoms with van der Waals surface area (Å²) in [6.07, 6.45) is 7.72. The molecule has 2 aliphatic heterocycles. The van der Waals surface area contributed by atoms with Crippen LogP contribution in [0.3, 0.4) is 0 Å². The SMILES string of the molecule is O=C(C[NH+](Cc1cccs1)C[C@@H]1CCCO1)Nc1ccc(N2CCCCCC2)cc1. The van der Waals surface area contributed by atoms with Gasteiger partial charge in [-0.1, -0.05) is 18.9 Å². The molecule has 30 heavy (non-hydrogen) atoms. The topological polar surface area (TPSA) is 46.0 Å². The van der Waals surface area contributed by atoms with Crippen LogP contribution in [0.25, 0.3) is 0 Å². The molecule has 1 aromatic heterocycles. The van der Waals surface area contributed by atoms with Crippen molar-refractivity contribution in [3.8, 4) is 0 Å². The van der Waals surface area contributed by atoms with E-state index in [9.17, 15) is 4.79 Å². The van der Waals surface area contributed by atoms with Crippen molar-refractivity contribution in [1.29, 1.82) is 0 Å². The number of anilines is 2. The Kier molecular flexibility index (Phi) is 7.78. The van der Waals surface area contributed by atoms with Gasteiger partial charge in [0.2, 0.25) is 0 Å². The maximum Gasteiger partial charge on any atom is 0.279 e. The summed E-state index contributed by atoms with van der Waals surface area (Å²) in [4.78, 5) is 17.8. The number of thiophene rings is 1. The van der Waals surface area contributed by atoms with E-state index in [1.165, 1.54) is 41.1 Å². The van der Waals surface area contributed by atoms with Gasteiger partial charge in [-0.3, -0.25) is 4.79 Å². The third-order valence-corrected chi connectivity index (χ3v) is 6.95. The van der Waals surface area contributed by atoms with Crippen LogP contribution in [0.15, 0.2) is 41.8 Å². The van der Waals surface area contributed by atoms with Crippen molar-refractivity contribution >= 4 is 28.6 Å². The van der Waals surface area contributed by atoms with Crippen LogP contribution in [0.1, 0.15) is 43.4 Å². The quantitative estimate of drug-likeness (QED) is 0.678. The summed E-state index contributed by atoms with van der Waals surface area (Å²) < 4.78 is 5.83. The second-order valence-electron chi connectivity index (χ2n) is 8.52. The van der Waals surface area contributed by atoms with Crippen LogP contribution in [-0.4, -0.2) is 44.8 Å². The van der Waals surface area contributed by atoms with Gasteiger partial charge in [-0.25, -0.2) is 0 Å². The smallest absolute Gasteiger partial charge is 0.279 e. The molecule has 0 saturated carbocycles. The summed E-state index contributed by atoms with van der Waals surface area (Å²) in [5, 5.41) is 5.21. The molecule has 2 aliphatic rings. The van der Waals surface area contributed by atoms with Gasteiger partial charge < -0.3 is 19.9 Å². The number of amides is 1. The molecule has 0 spiro atoms. The Labute approximate surface area is 184 Å². The van der Waals surface area contributed by atoms with Crippen molar-refractivity contribution in [3.63, 3.8) is 0 Å². The van der Waals surface area contributed by atoms with E-state index < -0.39 is 0 Å². The Morgan fingerprint density at radius 2 is 1.90 bits per heavy atom. The van der Waals surface area contributed by atoms with Gasteiger partial charge in [-0.15, -0.1) is 11.3 Å². The highest BCUT2D eigenvalue weighted by molar-refractivity contribution is 7.09. The first-order chi connectivity index (χ1) is 14.8. The second-order valence-corrected chi connectivity index (χ2v) is 9.55. The van der Waals surface area contributed by atoms with Gasteiger partial charge in [0.1, 0.15) is 19.2 Å². The summed E-state index contributed by atoms with van der Waals surface area (Å²) in [5.74, 6) is 0.0714. The number of hydrogen-bond acceptors (Lipinski definition) is 4. The average molecular weight is 429 g/mol. The number of benzene rings is 1. The Balaban J connectivity index is 1.32. The van der Waals surface area contributed by atoms with Crippen LogP contribution in [-0.2, 0) is 16.1 Å². The lowest BCUT2D eigenvalue weighted by atomic mass is 10.2. The van der Waals surface area contributed by atoms with Crippen molar-refractivity contribution in [2.24, 2.45) is 0 Å². The molecule has 0 bridgehead atoms. The standard InChI is InChI=1S/C24H33N3O2S/c28-24(19-26(17-22-7-5-15-29-22)18-23-8-6-16-30-23)25-20-9-11-21(12-10-20)27-13-3-1-2-4-14-27/h6,8-12,16,22H,1-5,7,13-15,17-19H2,(H,25,28)/p+1/t22-/m0/s1. The van der Waals surface area contributed by atoms with Gasteiger partial charge in [0, 0.05) is 31.1 Å². The van der Waals surface area contributed by atoms with E-state index in [1.54, 1.807) is 11.3 Å². The fraction of sp³-hybridized carbons (Fsp3) is 0.542. The van der Waals surface area contributed by atoms with Crippen molar-refractivity contribution in [2.45, 2.75) is 51.2 Å². The molecule has 0 radical (unpaired) electrons. The highest BCUT2D eigenvalue weighted by Gasteiger charge is 2.24. The number of hydrogen-bond donors (Lipinski definition) is 2. The van der Waals surface area contributed by atoms with Crippen molar-refractivity contribution in [3.05, 3.63) is 46.7 Å². The highest BCUT2D eigenvalue weighted by Crippen LogP contribution is 2.21. The minimum absolute atomic E-state index is 0.0714. The molecule has 2 N–H and O–H groups in total. The number of rotatable bonds is 8. The summed E-state index contributed by atoms with van der Waals surface area (Å²) in [6, 6.07) is 12.6. The number of nitrogens with zero attached hydrogens (tertiary/aromatic N) is 1.